The van der Waals surface area contributed by atoms with E-state index in [4.69, 9.17) is 6.57 Å². The minimum absolute atomic E-state index is 0.0688. The van der Waals surface area contributed by atoms with Gasteiger partial charge in [0.05, 0.1) is 0 Å². The molecule has 1 atom stereocenters. The molecule has 1 aromatic heterocycles. The largest absolute Gasteiger partial charge is 0.308 e. The third-order valence-electron chi connectivity index (χ3n) is 2.80. The molecule has 76 valence electrons. The summed E-state index contributed by atoms with van der Waals surface area (Å²) >= 11 is 0. The lowest BCUT2D eigenvalue weighted by Gasteiger charge is -2.30. The van der Waals surface area contributed by atoms with Crippen LogP contribution in [0.5, 0.6) is 0 Å². The van der Waals surface area contributed by atoms with Crippen LogP contribution in [0.4, 0.5) is 0 Å². The summed E-state index contributed by atoms with van der Waals surface area (Å²) in [5, 5.41) is 4.02. The maximum absolute atomic E-state index is 7.28. The second-order valence-corrected chi connectivity index (χ2v) is 4.73. The van der Waals surface area contributed by atoms with E-state index in [1.54, 1.807) is 11.0 Å². The van der Waals surface area contributed by atoms with Gasteiger partial charge in [0, 0.05) is 12.3 Å². The summed E-state index contributed by atoms with van der Waals surface area (Å²) in [5.41, 5.74) is -0.512. The predicted octanol–water partition coefficient (Wildman–Crippen LogP) is 2.00. The molecule has 0 aliphatic heterocycles. The lowest BCUT2D eigenvalue weighted by Crippen LogP contribution is -2.40. The fourth-order valence-corrected chi connectivity index (χ4v) is 1.07. The first-order chi connectivity index (χ1) is 6.39. The molecule has 1 rings (SSSR count). The van der Waals surface area contributed by atoms with Gasteiger partial charge in [-0.15, -0.1) is 0 Å². The van der Waals surface area contributed by atoms with Gasteiger partial charge in [-0.3, -0.25) is 0 Å². The zero-order valence-corrected chi connectivity index (χ0v) is 9.15. The molecule has 1 aromatic rings. The molecular weight excluding hydrogens is 176 g/mol. The van der Waals surface area contributed by atoms with Gasteiger partial charge in [0.1, 0.15) is 19.2 Å². The molecule has 0 aliphatic carbocycles. The van der Waals surface area contributed by atoms with Gasteiger partial charge in [0.2, 0.25) is 0 Å². The van der Waals surface area contributed by atoms with Crippen LogP contribution in [0.15, 0.2) is 12.7 Å². The van der Waals surface area contributed by atoms with Crippen LogP contribution in [-0.4, -0.2) is 20.3 Å². The molecule has 0 aromatic carbocycles. The van der Waals surface area contributed by atoms with Gasteiger partial charge in [-0.1, -0.05) is 20.8 Å². The van der Waals surface area contributed by atoms with Gasteiger partial charge < -0.3 is 4.85 Å². The number of hydrogen-bond donors (Lipinski definition) is 0. The Kier molecular flexibility index (Phi) is 2.61. The highest BCUT2D eigenvalue weighted by atomic mass is 15.3. The van der Waals surface area contributed by atoms with Crippen molar-refractivity contribution in [3.8, 4) is 0 Å². The lowest BCUT2D eigenvalue weighted by atomic mass is 9.75. The smallest absolute Gasteiger partial charge is 0.253 e. The standard InChI is InChI=1S/C10H16N4/c1-9(2,3)10(4,11-5)6-14-8-12-7-13-14/h7-8H,6H2,1-4H3. The Bertz CT molecular complexity index is 328. The van der Waals surface area contributed by atoms with Crippen molar-refractivity contribution in [2.45, 2.75) is 39.8 Å². The van der Waals surface area contributed by atoms with Crippen LogP contribution in [0.2, 0.25) is 0 Å². The average Bonchev–Trinajstić information content (AvgIpc) is 2.54. The quantitative estimate of drug-likeness (QED) is 0.672. The molecule has 0 spiro atoms. The Balaban J connectivity index is 2.89. The highest BCUT2D eigenvalue weighted by Gasteiger charge is 2.44. The highest BCUT2D eigenvalue weighted by Crippen LogP contribution is 2.34. The molecule has 0 radical (unpaired) electrons. The summed E-state index contributed by atoms with van der Waals surface area (Å²) in [5.74, 6) is 0. The zero-order valence-electron chi connectivity index (χ0n) is 9.15. The molecule has 1 heterocycles. The molecular formula is C10H16N4. The van der Waals surface area contributed by atoms with Crippen LogP contribution in [-0.2, 0) is 6.54 Å². The van der Waals surface area contributed by atoms with Crippen molar-refractivity contribution >= 4 is 0 Å². The molecule has 0 aliphatic rings. The number of hydrogen-bond acceptors (Lipinski definition) is 2. The Labute approximate surface area is 84.8 Å². The Morgan fingerprint density at radius 2 is 2.00 bits per heavy atom. The van der Waals surface area contributed by atoms with E-state index in [1.807, 2.05) is 6.92 Å². The molecule has 0 amide bonds. The highest BCUT2D eigenvalue weighted by molar-refractivity contribution is 5.02. The summed E-state index contributed by atoms with van der Waals surface area (Å²) < 4.78 is 1.71. The van der Waals surface area contributed by atoms with Crippen LogP contribution >= 0.6 is 0 Å². The Morgan fingerprint density at radius 3 is 2.36 bits per heavy atom. The van der Waals surface area contributed by atoms with E-state index in [0.29, 0.717) is 6.54 Å². The normalized spacial score (nSPS) is 15.9. The van der Waals surface area contributed by atoms with Crippen LogP contribution in [0.1, 0.15) is 27.7 Å². The van der Waals surface area contributed by atoms with E-state index < -0.39 is 5.54 Å². The molecule has 0 saturated carbocycles. The van der Waals surface area contributed by atoms with Gasteiger partial charge in [0.25, 0.3) is 5.54 Å². The van der Waals surface area contributed by atoms with E-state index in [-0.39, 0.29) is 5.41 Å². The maximum Gasteiger partial charge on any atom is 0.253 e. The van der Waals surface area contributed by atoms with Crippen LogP contribution < -0.4 is 0 Å². The lowest BCUT2D eigenvalue weighted by molar-refractivity contribution is 0.217. The van der Waals surface area contributed by atoms with Gasteiger partial charge in [0.15, 0.2) is 0 Å². The fraction of sp³-hybridized carbons (Fsp3) is 0.700. The summed E-state index contributed by atoms with van der Waals surface area (Å²) in [6, 6.07) is 0. The number of nitrogens with zero attached hydrogens (tertiary/aromatic N) is 4. The molecule has 1 unspecified atom stereocenters. The number of aromatic nitrogens is 3. The second-order valence-electron chi connectivity index (χ2n) is 4.73. The van der Waals surface area contributed by atoms with E-state index in [2.05, 4.69) is 35.7 Å². The third kappa shape index (κ3) is 1.92. The van der Waals surface area contributed by atoms with Gasteiger partial charge in [-0.05, 0) is 0 Å². The molecule has 0 saturated heterocycles. The summed E-state index contributed by atoms with van der Waals surface area (Å²) in [6.07, 6.45) is 3.14. The summed E-state index contributed by atoms with van der Waals surface area (Å²) in [6.45, 7) is 16.0. The van der Waals surface area contributed by atoms with Gasteiger partial charge in [-0.2, -0.15) is 5.10 Å². The molecule has 0 N–H and O–H groups in total. The van der Waals surface area contributed by atoms with E-state index in [1.165, 1.54) is 6.33 Å². The fourth-order valence-electron chi connectivity index (χ4n) is 1.07. The van der Waals surface area contributed by atoms with Crippen LogP contribution in [0.3, 0.4) is 0 Å². The van der Waals surface area contributed by atoms with E-state index in [0.717, 1.165) is 0 Å². The van der Waals surface area contributed by atoms with Crippen molar-refractivity contribution < 1.29 is 0 Å². The summed E-state index contributed by atoms with van der Waals surface area (Å²) in [4.78, 5) is 7.60. The van der Waals surface area contributed by atoms with Crippen molar-refractivity contribution in [1.29, 1.82) is 0 Å². The van der Waals surface area contributed by atoms with Gasteiger partial charge >= 0.3 is 0 Å². The Hall–Kier alpha value is -1.37. The molecule has 0 bridgehead atoms. The molecule has 4 heteroatoms. The first kappa shape index (κ1) is 10.7. The third-order valence-corrected chi connectivity index (χ3v) is 2.80. The molecule has 0 fully saturated rings. The average molecular weight is 192 g/mol. The van der Waals surface area contributed by atoms with E-state index >= 15 is 0 Å². The predicted molar refractivity (Wildman–Crippen MR) is 54.5 cm³/mol. The van der Waals surface area contributed by atoms with Crippen LogP contribution in [0, 0.1) is 12.0 Å². The maximum atomic E-state index is 7.28. The Morgan fingerprint density at radius 1 is 1.36 bits per heavy atom. The monoisotopic (exact) mass is 192 g/mol. The molecule has 14 heavy (non-hydrogen) atoms. The van der Waals surface area contributed by atoms with Gasteiger partial charge in [-0.25, -0.2) is 16.2 Å². The summed E-state index contributed by atoms with van der Waals surface area (Å²) in [7, 11) is 0. The van der Waals surface area contributed by atoms with E-state index in [9.17, 15) is 0 Å². The van der Waals surface area contributed by atoms with Crippen LogP contribution in [0.25, 0.3) is 4.85 Å². The van der Waals surface area contributed by atoms with Crippen molar-refractivity contribution in [2.75, 3.05) is 0 Å². The topological polar surface area (TPSA) is 35.1 Å². The van der Waals surface area contributed by atoms with Crippen molar-refractivity contribution in [3.63, 3.8) is 0 Å². The minimum Gasteiger partial charge on any atom is -0.308 e. The van der Waals surface area contributed by atoms with Crippen molar-refractivity contribution in [2.24, 2.45) is 5.41 Å². The minimum atomic E-state index is -0.444. The number of rotatable bonds is 2. The van der Waals surface area contributed by atoms with Crippen molar-refractivity contribution in [3.05, 3.63) is 24.1 Å². The first-order valence-electron chi connectivity index (χ1n) is 4.60. The van der Waals surface area contributed by atoms with Crippen molar-refractivity contribution in [1.82, 2.24) is 14.8 Å². The molecule has 4 nitrogen and oxygen atoms in total. The zero-order chi connectivity index (χ0) is 10.8. The first-order valence-corrected chi connectivity index (χ1v) is 4.60. The SMILES string of the molecule is [C-]#[N+]C(C)(Cn1cncn1)C(C)(C)C. The second kappa shape index (κ2) is 3.41.